The third-order valence-corrected chi connectivity index (χ3v) is 2.31. The van der Waals surface area contributed by atoms with Gasteiger partial charge in [-0.25, -0.2) is 0 Å². The molecule has 0 bridgehead atoms. The van der Waals surface area contributed by atoms with Gasteiger partial charge in [0.1, 0.15) is 0 Å². The van der Waals surface area contributed by atoms with Gasteiger partial charge in [-0.2, -0.15) is 13.2 Å². The molecule has 0 saturated heterocycles. The van der Waals surface area contributed by atoms with Crippen molar-refractivity contribution in [3.05, 3.63) is 54.4 Å². The number of benzene rings is 1. The van der Waals surface area contributed by atoms with Gasteiger partial charge < -0.3 is 0 Å². The lowest BCUT2D eigenvalue weighted by molar-refractivity contribution is -0.127. The molecule has 0 fully saturated rings. The fraction of sp³-hybridized carbons (Fsp3) is 0.154. The Morgan fingerprint density at radius 2 is 1.65 bits per heavy atom. The summed E-state index contributed by atoms with van der Waals surface area (Å²) >= 11 is 0. The van der Waals surface area contributed by atoms with Crippen LogP contribution in [0.1, 0.15) is 5.69 Å². The van der Waals surface area contributed by atoms with Gasteiger partial charge in [-0.15, -0.1) is 0 Å². The molecule has 1 aromatic heterocycles. The zero-order chi connectivity index (χ0) is 12.3. The fourth-order valence-corrected chi connectivity index (χ4v) is 1.59. The van der Waals surface area contributed by atoms with Crippen molar-refractivity contribution in [1.29, 1.82) is 0 Å². The molecule has 2 aromatic rings. The Labute approximate surface area is 96.9 Å². The third kappa shape index (κ3) is 3.31. The predicted molar refractivity (Wildman–Crippen MR) is 59.4 cm³/mol. The van der Waals surface area contributed by atoms with Crippen molar-refractivity contribution in [1.82, 2.24) is 4.98 Å². The molecule has 1 aromatic carbocycles. The summed E-state index contributed by atoms with van der Waals surface area (Å²) in [5.41, 5.74) is 1.68. The Morgan fingerprint density at radius 1 is 0.941 bits per heavy atom. The van der Waals surface area contributed by atoms with Crippen molar-refractivity contribution in [2.45, 2.75) is 12.6 Å². The van der Waals surface area contributed by atoms with E-state index in [4.69, 9.17) is 0 Å². The summed E-state index contributed by atoms with van der Waals surface area (Å²) in [6.45, 7) is 0. The summed E-state index contributed by atoms with van der Waals surface area (Å²) in [4.78, 5) is 3.73. The van der Waals surface area contributed by atoms with Crippen molar-refractivity contribution in [3.63, 3.8) is 0 Å². The highest BCUT2D eigenvalue weighted by Crippen LogP contribution is 2.23. The van der Waals surface area contributed by atoms with Crippen LogP contribution >= 0.6 is 0 Å². The second-order valence-electron chi connectivity index (χ2n) is 3.69. The van der Waals surface area contributed by atoms with E-state index in [2.05, 4.69) is 4.98 Å². The van der Waals surface area contributed by atoms with Gasteiger partial charge in [-0.05, 0) is 23.3 Å². The Hall–Kier alpha value is -1.84. The van der Waals surface area contributed by atoms with Gasteiger partial charge in [0.2, 0.25) is 0 Å². The van der Waals surface area contributed by atoms with E-state index in [0.29, 0.717) is 0 Å². The minimum Gasteiger partial charge on any atom is -0.261 e. The van der Waals surface area contributed by atoms with Crippen LogP contribution in [0.2, 0.25) is 0 Å². The maximum atomic E-state index is 12.2. The number of rotatable bonds is 2. The molecule has 0 unspecified atom stereocenters. The van der Waals surface area contributed by atoms with Crippen LogP contribution < -0.4 is 0 Å². The topological polar surface area (TPSA) is 12.9 Å². The molecule has 0 aliphatic heterocycles. The largest absolute Gasteiger partial charge is 0.394 e. The summed E-state index contributed by atoms with van der Waals surface area (Å²) in [6.07, 6.45) is -3.81. The van der Waals surface area contributed by atoms with E-state index in [1.165, 1.54) is 12.3 Å². The van der Waals surface area contributed by atoms with E-state index in [0.717, 1.165) is 11.1 Å². The van der Waals surface area contributed by atoms with Gasteiger partial charge >= 0.3 is 6.18 Å². The number of hydrogen-bond donors (Lipinski definition) is 0. The zero-order valence-corrected chi connectivity index (χ0v) is 8.91. The molecule has 88 valence electrons. The molecule has 0 N–H and O–H groups in total. The summed E-state index contributed by atoms with van der Waals surface area (Å²) in [7, 11) is 0. The first-order chi connectivity index (χ1) is 8.04. The standard InChI is InChI=1S/C13H10F3N/c14-13(15,16)9-12-8-11(6-7-17-12)10-4-2-1-3-5-10/h1-8H,9H2. The number of halogens is 3. The van der Waals surface area contributed by atoms with Gasteiger partial charge in [0.25, 0.3) is 0 Å². The molecule has 0 radical (unpaired) electrons. The lowest BCUT2D eigenvalue weighted by Crippen LogP contribution is -2.12. The molecule has 1 nitrogen and oxygen atoms in total. The lowest BCUT2D eigenvalue weighted by Gasteiger charge is -2.07. The molecule has 4 heteroatoms. The van der Waals surface area contributed by atoms with E-state index < -0.39 is 12.6 Å². The SMILES string of the molecule is FC(F)(F)Cc1cc(-c2ccccc2)ccn1. The highest BCUT2D eigenvalue weighted by Gasteiger charge is 2.28. The van der Waals surface area contributed by atoms with Crippen LogP contribution in [0.4, 0.5) is 13.2 Å². The second-order valence-corrected chi connectivity index (χ2v) is 3.69. The van der Waals surface area contributed by atoms with Crippen molar-refractivity contribution < 1.29 is 13.2 Å². The average molecular weight is 237 g/mol. The third-order valence-electron chi connectivity index (χ3n) is 2.31. The number of nitrogens with zero attached hydrogens (tertiary/aromatic N) is 1. The number of hydrogen-bond acceptors (Lipinski definition) is 1. The van der Waals surface area contributed by atoms with E-state index in [1.54, 1.807) is 6.07 Å². The molecule has 0 spiro atoms. The van der Waals surface area contributed by atoms with E-state index in [-0.39, 0.29) is 5.69 Å². The molecule has 1 heterocycles. The van der Waals surface area contributed by atoms with Crippen LogP contribution in [-0.2, 0) is 6.42 Å². The molecule has 2 rings (SSSR count). The highest BCUT2D eigenvalue weighted by molar-refractivity contribution is 5.63. The van der Waals surface area contributed by atoms with Crippen molar-refractivity contribution in [2.24, 2.45) is 0 Å². The minimum atomic E-state index is -4.22. The van der Waals surface area contributed by atoms with Crippen LogP contribution in [0, 0.1) is 0 Å². The molecule has 0 aliphatic rings. The summed E-state index contributed by atoms with van der Waals surface area (Å²) in [6, 6.07) is 12.4. The van der Waals surface area contributed by atoms with Crippen molar-refractivity contribution in [3.8, 4) is 11.1 Å². The van der Waals surface area contributed by atoms with E-state index in [1.807, 2.05) is 30.3 Å². The Balaban J connectivity index is 2.29. The van der Waals surface area contributed by atoms with Crippen molar-refractivity contribution in [2.75, 3.05) is 0 Å². The first-order valence-electron chi connectivity index (χ1n) is 5.12. The number of aromatic nitrogens is 1. The Kier molecular flexibility index (Phi) is 3.13. The summed E-state index contributed by atoms with van der Waals surface area (Å²) in [5, 5.41) is 0. The number of pyridine rings is 1. The van der Waals surface area contributed by atoms with Crippen LogP contribution in [0.15, 0.2) is 48.7 Å². The molecule has 0 saturated carbocycles. The molecule has 0 atom stereocenters. The van der Waals surface area contributed by atoms with Gasteiger partial charge in [0, 0.05) is 11.9 Å². The first-order valence-corrected chi connectivity index (χ1v) is 5.12. The summed E-state index contributed by atoms with van der Waals surface area (Å²) < 4.78 is 36.7. The fourth-order valence-electron chi connectivity index (χ4n) is 1.59. The maximum absolute atomic E-state index is 12.2. The van der Waals surface area contributed by atoms with Crippen LogP contribution in [-0.4, -0.2) is 11.2 Å². The van der Waals surface area contributed by atoms with Crippen LogP contribution in [0.3, 0.4) is 0 Å². The molecule has 0 amide bonds. The van der Waals surface area contributed by atoms with E-state index >= 15 is 0 Å². The van der Waals surface area contributed by atoms with Crippen molar-refractivity contribution >= 4 is 0 Å². The first kappa shape index (κ1) is 11.6. The molecular formula is C13H10F3N. The monoisotopic (exact) mass is 237 g/mol. The number of alkyl halides is 3. The smallest absolute Gasteiger partial charge is 0.261 e. The second kappa shape index (κ2) is 4.57. The van der Waals surface area contributed by atoms with Gasteiger partial charge in [-0.1, -0.05) is 30.3 Å². The predicted octanol–water partition coefficient (Wildman–Crippen LogP) is 3.85. The average Bonchev–Trinajstić information content (AvgIpc) is 2.28. The summed E-state index contributed by atoms with van der Waals surface area (Å²) in [5.74, 6) is 0. The molecule has 0 aliphatic carbocycles. The highest BCUT2D eigenvalue weighted by atomic mass is 19.4. The van der Waals surface area contributed by atoms with Gasteiger partial charge in [-0.3, -0.25) is 4.98 Å². The zero-order valence-electron chi connectivity index (χ0n) is 8.91. The Bertz CT molecular complexity index is 492. The molecule has 17 heavy (non-hydrogen) atoms. The normalized spacial score (nSPS) is 11.5. The lowest BCUT2D eigenvalue weighted by atomic mass is 10.1. The maximum Gasteiger partial charge on any atom is 0.394 e. The molecular weight excluding hydrogens is 227 g/mol. The van der Waals surface area contributed by atoms with Gasteiger partial charge in [0.15, 0.2) is 0 Å². The quantitative estimate of drug-likeness (QED) is 0.773. The van der Waals surface area contributed by atoms with Crippen LogP contribution in [0.5, 0.6) is 0 Å². The Morgan fingerprint density at radius 3 is 2.29 bits per heavy atom. The van der Waals surface area contributed by atoms with E-state index in [9.17, 15) is 13.2 Å². The minimum absolute atomic E-state index is 0.0406. The van der Waals surface area contributed by atoms with Crippen LogP contribution in [0.25, 0.3) is 11.1 Å². The van der Waals surface area contributed by atoms with Gasteiger partial charge in [0.05, 0.1) is 6.42 Å².